The average molecular weight is 428 g/mol. The van der Waals surface area contributed by atoms with Crippen LogP contribution >= 0.6 is 0 Å². The van der Waals surface area contributed by atoms with Crippen molar-refractivity contribution in [2.45, 2.75) is 12.5 Å². The van der Waals surface area contributed by atoms with E-state index in [2.05, 4.69) is 86.0 Å². The van der Waals surface area contributed by atoms with Gasteiger partial charge in [-0.2, -0.15) is 5.10 Å². The molecule has 1 saturated heterocycles. The van der Waals surface area contributed by atoms with Crippen LogP contribution in [-0.2, 0) is 4.79 Å². The van der Waals surface area contributed by atoms with Crippen molar-refractivity contribution in [3.63, 3.8) is 0 Å². The van der Waals surface area contributed by atoms with E-state index in [0.29, 0.717) is 6.42 Å². The highest BCUT2D eigenvalue weighted by molar-refractivity contribution is 5.82. The van der Waals surface area contributed by atoms with E-state index in [-0.39, 0.29) is 11.9 Å². The molecule has 1 fully saturated rings. The first-order chi connectivity index (χ1) is 15.8. The molecule has 6 heteroatoms. The standard InChI is InChI=1S/C26H29N5O/c32-25(29-28-21-22-8-7-14-27-20-22)13-15-30-16-18-31(19-17-30)26(23-9-3-1-4-10-23)24-11-5-2-6-12-24/h1-12,14,20-21,26H,13,15-19H2,(H,29,32). The van der Waals surface area contributed by atoms with Crippen molar-refractivity contribution in [2.24, 2.45) is 5.10 Å². The van der Waals surface area contributed by atoms with Crippen LogP contribution in [0.25, 0.3) is 0 Å². The molecule has 0 atom stereocenters. The van der Waals surface area contributed by atoms with Crippen LogP contribution < -0.4 is 5.43 Å². The van der Waals surface area contributed by atoms with E-state index in [9.17, 15) is 4.79 Å². The summed E-state index contributed by atoms with van der Waals surface area (Å²) in [5, 5.41) is 4.02. The van der Waals surface area contributed by atoms with Crippen molar-refractivity contribution in [3.8, 4) is 0 Å². The zero-order chi connectivity index (χ0) is 22.0. The number of hydrazone groups is 1. The second-order valence-corrected chi connectivity index (χ2v) is 7.93. The minimum Gasteiger partial charge on any atom is -0.300 e. The van der Waals surface area contributed by atoms with Gasteiger partial charge in [0, 0.05) is 57.1 Å². The second-order valence-electron chi connectivity index (χ2n) is 7.93. The molecule has 0 bridgehead atoms. The summed E-state index contributed by atoms with van der Waals surface area (Å²) in [5.41, 5.74) is 6.10. The smallest absolute Gasteiger partial charge is 0.241 e. The summed E-state index contributed by atoms with van der Waals surface area (Å²) in [6.07, 6.45) is 5.45. The van der Waals surface area contributed by atoms with Gasteiger partial charge in [0.15, 0.2) is 0 Å². The third kappa shape index (κ3) is 6.09. The zero-order valence-electron chi connectivity index (χ0n) is 18.2. The fourth-order valence-corrected chi connectivity index (χ4v) is 4.08. The molecule has 2 aromatic carbocycles. The van der Waals surface area contributed by atoms with E-state index in [0.717, 1.165) is 38.3 Å². The number of amides is 1. The normalized spacial score (nSPS) is 15.3. The molecule has 1 aliphatic rings. The molecule has 6 nitrogen and oxygen atoms in total. The van der Waals surface area contributed by atoms with Crippen molar-refractivity contribution in [2.75, 3.05) is 32.7 Å². The molecular weight excluding hydrogens is 398 g/mol. The Labute approximate surface area is 189 Å². The largest absolute Gasteiger partial charge is 0.300 e. The van der Waals surface area contributed by atoms with Gasteiger partial charge in [0.2, 0.25) is 5.91 Å². The fourth-order valence-electron chi connectivity index (χ4n) is 4.08. The first-order valence-electron chi connectivity index (χ1n) is 11.1. The Balaban J connectivity index is 1.27. The summed E-state index contributed by atoms with van der Waals surface area (Å²) in [4.78, 5) is 21.1. The van der Waals surface area contributed by atoms with Crippen LogP contribution in [0.5, 0.6) is 0 Å². The van der Waals surface area contributed by atoms with Crippen molar-refractivity contribution in [1.29, 1.82) is 0 Å². The van der Waals surface area contributed by atoms with Gasteiger partial charge in [0.05, 0.1) is 12.3 Å². The van der Waals surface area contributed by atoms with Gasteiger partial charge >= 0.3 is 0 Å². The minimum absolute atomic E-state index is 0.0704. The Morgan fingerprint density at radius 2 is 1.59 bits per heavy atom. The molecule has 2 heterocycles. The maximum absolute atomic E-state index is 12.1. The van der Waals surface area contributed by atoms with Crippen LogP contribution in [0.1, 0.15) is 29.2 Å². The summed E-state index contributed by atoms with van der Waals surface area (Å²) < 4.78 is 0. The van der Waals surface area contributed by atoms with Gasteiger partial charge in [-0.15, -0.1) is 0 Å². The summed E-state index contributed by atoms with van der Waals surface area (Å²) in [6.45, 7) is 4.57. The number of hydrogen-bond acceptors (Lipinski definition) is 5. The van der Waals surface area contributed by atoms with Crippen molar-refractivity contribution >= 4 is 12.1 Å². The molecule has 1 N–H and O–H groups in total. The van der Waals surface area contributed by atoms with E-state index < -0.39 is 0 Å². The first kappa shape index (κ1) is 21.9. The predicted octanol–water partition coefficient (Wildman–Crippen LogP) is 3.33. The number of carbonyl (C=O) groups is 1. The number of nitrogens with one attached hydrogen (secondary N) is 1. The minimum atomic E-state index is -0.0704. The number of piperazine rings is 1. The highest BCUT2D eigenvalue weighted by atomic mass is 16.2. The number of benzene rings is 2. The number of hydrogen-bond donors (Lipinski definition) is 1. The van der Waals surface area contributed by atoms with Gasteiger partial charge in [-0.3, -0.25) is 14.7 Å². The van der Waals surface area contributed by atoms with Gasteiger partial charge in [-0.25, -0.2) is 5.43 Å². The van der Waals surface area contributed by atoms with Crippen molar-refractivity contribution in [3.05, 3.63) is 102 Å². The molecule has 1 aromatic heterocycles. The van der Waals surface area contributed by atoms with Crippen LogP contribution in [0.3, 0.4) is 0 Å². The number of nitrogens with zero attached hydrogens (tertiary/aromatic N) is 4. The Morgan fingerprint density at radius 1 is 0.938 bits per heavy atom. The van der Waals surface area contributed by atoms with Crippen LogP contribution in [0.4, 0.5) is 0 Å². The van der Waals surface area contributed by atoms with E-state index in [1.165, 1.54) is 11.1 Å². The molecule has 3 aromatic rings. The van der Waals surface area contributed by atoms with E-state index >= 15 is 0 Å². The molecule has 1 amide bonds. The van der Waals surface area contributed by atoms with E-state index in [1.54, 1.807) is 18.6 Å². The van der Waals surface area contributed by atoms with E-state index in [1.807, 2.05) is 12.1 Å². The SMILES string of the molecule is O=C(CCN1CCN(C(c2ccccc2)c2ccccc2)CC1)NN=Cc1cccnc1. The summed E-state index contributed by atoms with van der Waals surface area (Å²) in [6, 6.07) is 25.4. The molecule has 32 heavy (non-hydrogen) atoms. The lowest BCUT2D eigenvalue weighted by molar-refractivity contribution is -0.121. The van der Waals surface area contributed by atoms with Crippen molar-refractivity contribution in [1.82, 2.24) is 20.2 Å². The lowest BCUT2D eigenvalue weighted by Crippen LogP contribution is -2.48. The monoisotopic (exact) mass is 427 g/mol. The molecule has 0 spiro atoms. The zero-order valence-corrected chi connectivity index (χ0v) is 18.2. The van der Waals surface area contributed by atoms with E-state index in [4.69, 9.17) is 0 Å². The topological polar surface area (TPSA) is 60.8 Å². The van der Waals surface area contributed by atoms with Gasteiger partial charge in [0.1, 0.15) is 0 Å². The Hall–Kier alpha value is -3.35. The molecular formula is C26H29N5O. The molecule has 0 radical (unpaired) electrons. The van der Waals surface area contributed by atoms with Crippen LogP contribution in [0, 0.1) is 0 Å². The lowest BCUT2D eigenvalue weighted by atomic mass is 9.96. The molecule has 4 rings (SSSR count). The molecule has 0 unspecified atom stereocenters. The number of rotatable bonds is 8. The average Bonchev–Trinajstić information content (AvgIpc) is 2.86. The lowest BCUT2D eigenvalue weighted by Gasteiger charge is -2.39. The molecule has 164 valence electrons. The Morgan fingerprint density at radius 3 is 2.19 bits per heavy atom. The van der Waals surface area contributed by atoms with Gasteiger partial charge < -0.3 is 4.90 Å². The van der Waals surface area contributed by atoms with Crippen LogP contribution in [-0.4, -0.2) is 59.6 Å². The fraction of sp³-hybridized carbons (Fsp3) is 0.269. The number of carbonyl (C=O) groups excluding carboxylic acids is 1. The third-order valence-corrected chi connectivity index (χ3v) is 5.75. The first-order valence-corrected chi connectivity index (χ1v) is 11.1. The molecule has 1 aliphatic heterocycles. The number of aromatic nitrogens is 1. The third-order valence-electron chi connectivity index (χ3n) is 5.75. The maximum Gasteiger partial charge on any atom is 0.241 e. The highest BCUT2D eigenvalue weighted by Crippen LogP contribution is 2.29. The quantitative estimate of drug-likeness (QED) is 0.443. The van der Waals surface area contributed by atoms with Gasteiger partial charge in [-0.05, 0) is 17.2 Å². The second kappa shape index (κ2) is 11.3. The van der Waals surface area contributed by atoms with Gasteiger partial charge in [-0.1, -0.05) is 66.7 Å². The highest BCUT2D eigenvalue weighted by Gasteiger charge is 2.26. The van der Waals surface area contributed by atoms with Gasteiger partial charge in [0.25, 0.3) is 0 Å². The number of pyridine rings is 1. The Bertz CT molecular complexity index is 947. The summed E-state index contributed by atoms with van der Waals surface area (Å²) in [5.74, 6) is -0.0704. The summed E-state index contributed by atoms with van der Waals surface area (Å²) in [7, 11) is 0. The summed E-state index contributed by atoms with van der Waals surface area (Å²) >= 11 is 0. The van der Waals surface area contributed by atoms with Crippen LogP contribution in [0.2, 0.25) is 0 Å². The molecule has 0 aliphatic carbocycles. The van der Waals surface area contributed by atoms with Crippen LogP contribution in [0.15, 0.2) is 90.3 Å². The molecule has 0 saturated carbocycles. The van der Waals surface area contributed by atoms with Crippen molar-refractivity contribution < 1.29 is 4.79 Å². The Kier molecular flexibility index (Phi) is 7.74. The maximum atomic E-state index is 12.1. The predicted molar refractivity (Wildman–Crippen MR) is 127 cm³/mol.